The second-order valence-corrected chi connectivity index (χ2v) is 8.21. The number of ether oxygens (including phenoxy) is 2. The average Bonchev–Trinajstić information content (AvgIpc) is 3.11. The molecule has 0 bridgehead atoms. The molecule has 2 aromatic carbocycles. The van der Waals surface area contributed by atoms with E-state index in [4.69, 9.17) is 9.47 Å². The molecule has 0 aliphatic heterocycles. The minimum atomic E-state index is -0.324. The lowest BCUT2D eigenvalue weighted by Crippen LogP contribution is -2.39. The molecule has 0 radical (unpaired) electrons. The maximum absolute atomic E-state index is 13.0. The van der Waals surface area contributed by atoms with Crippen LogP contribution in [-0.2, 0) is 9.59 Å². The summed E-state index contributed by atoms with van der Waals surface area (Å²) < 4.78 is 12.3. The number of carbonyl (C=O) groups excluding carboxylic acids is 2. The standard InChI is InChI=1S/C27H31N5O4/c1-6-31(16-25(33)29-20-8-7-9-23(14-20)36-5)17-26(34)30-27-24(15-28)18(2)19(3)32(27)21-10-12-22(35-4)13-11-21/h7-14H,6,16-17H2,1-5H3,(H,29,33)(H,30,34). The summed E-state index contributed by atoms with van der Waals surface area (Å²) >= 11 is 0. The molecule has 0 aliphatic rings. The van der Waals surface area contributed by atoms with Gasteiger partial charge in [0.05, 0.1) is 32.9 Å². The van der Waals surface area contributed by atoms with Gasteiger partial charge < -0.3 is 20.1 Å². The van der Waals surface area contributed by atoms with Crippen LogP contribution in [0.1, 0.15) is 23.7 Å². The SMILES string of the molecule is CCN(CC(=O)Nc1cccc(OC)c1)CC(=O)Nc1c(C#N)c(C)c(C)n1-c1ccc(OC)cc1. The van der Waals surface area contributed by atoms with Crippen LogP contribution in [0.5, 0.6) is 11.5 Å². The molecule has 0 unspecified atom stereocenters. The Balaban J connectivity index is 1.75. The number of methoxy groups -OCH3 is 2. The zero-order valence-corrected chi connectivity index (χ0v) is 21.2. The maximum atomic E-state index is 13.0. The molecule has 0 saturated carbocycles. The van der Waals surface area contributed by atoms with Crippen molar-refractivity contribution in [3.63, 3.8) is 0 Å². The maximum Gasteiger partial charge on any atom is 0.239 e. The molecule has 2 N–H and O–H groups in total. The van der Waals surface area contributed by atoms with Crippen LogP contribution < -0.4 is 20.1 Å². The monoisotopic (exact) mass is 489 g/mol. The van der Waals surface area contributed by atoms with Gasteiger partial charge in [0.15, 0.2) is 0 Å². The van der Waals surface area contributed by atoms with E-state index in [1.165, 1.54) is 0 Å². The van der Waals surface area contributed by atoms with Gasteiger partial charge in [-0.1, -0.05) is 13.0 Å². The highest BCUT2D eigenvalue weighted by Gasteiger charge is 2.22. The Hall–Kier alpha value is -4.29. The highest BCUT2D eigenvalue weighted by Crippen LogP contribution is 2.30. The van der Waals surface area contributed by atoms with E-state index in [1.807, 2.05) is 49.6 Å². The number of benzene rings is 2. The molecule has 0 spiro atoms. The van der Waals surface area contributed by atoms with Gasteiger partial charge in [0.25, 0.3) is 0 Å². The third kappa shape index (κ3) is 6.03. The molecule has 9 heteroatoms. The van der Waals surface area contributed by atoms with Crippen molar-refractivity contribution in [2.45, 2.75) is 20.8 Å². The largest absolute Gasteiger partial charge is 0.497 e. The van der Waals surface area contributed by atoms with Gasteiger partial charge in [0.2, 0.25) is 11.8 Å². The second kappa shape index (κ2) is 11.9. The molecule has 0 aliphatic carbocycles. The van der Waals surface area contributed by atoms with Crippen molar-refractivity contribution in [3.8, 4) is 23.3 Å². The summed E-state index contributed by atoms with van der Waals surface area (Å²) in [5.74, 6) is 1.17. The number of hydrogen-bond acceptors (Lipinski definition) is 6. The first-order valence-electron chi connectivity index (χ1n) is 11.5. The van der Waals surface area contributed by atoms with Crippen LogP contribution in [0.3, 0.4) is 0 Å². The summed E-state index contributed by atoms with van der Waals surface area (Å²) in [5, 5.41) is 15.5. The summed E-state index contributed by atoms with van der Waals surface area (Å²) in [6.07, 6.45) is 0. The Bertz CT molecular complexity index is 1270. The van der Waals surface area contributed by atoms with E-state index in [1.54, 1.807) is 43.4 Å². The normalized spacial score (nSPS) is 10.6. The fourth-order valence-corrected chi connectivity index (χ4v) is 3.87. The number of carbonyl (C=O) groups is 2. The van der Waals surface area contributed by atoms with Crippen molar-refractivity contribution in [2.24, 2.45) is 0 Å². The number of nitrogens with one attached hydrogen (secondary N) is 2. The van der Waals surface area contributed by atoms with E-state index < -0.39 is 0 Å². The molecular weight excluding hydrogens is 458 g/mol. The molecule has 0 fully saturated rings. The molecule has 1 aromatic heterocycles. The van der Waals surface area contributed by atoms with E-state index in [-0.39, 0.29) is 24.9 Å². The van der Waals surface area contributed by atoms with Crippen LogP contribution in [0.25, 0.3) is 5.69 Å². The quantitative estimate of drug-likeness (QED) is 0.447. The fourth-order valence-electron chi connectivity index (χ4n) is 3.87. The molecule has 3 rings (SSSR count). The smallest absolute Gasteiger partial charge is 0.239 e. The van der Waals surface area contributed by atoms with Gasteiger partial charge >= 0.3 is 0 Å². The number of nitrogens with zero attached hydrogens (tertiary/aromatic N) is 3. The molecular formula is C27H31N5O4. The van der Waals surface area contributed by atoms with Crippen LogP contribution in [0.2, 0.25) is 0 Å². The van der Waals surface area contributed by atoms with Crippen molar-refractivity contribution in [1.82, 2.24) is 9.47 Å². The lowest BCUT2D eigenvalue weighted by Gasteiger charge is -2.20. The van der Waals surface area contributed by atoms with Crippen LogP contribution >= 0.6 is 0 Å². The van der Waals surface area contributed by atoms with Gasteiger partial charge in [0.1, 0.15) is 23.4 Å². The Morgan fingerprint density at radius 3 is 2.19 bits per heavy atom. The van der Waals surface area contributed by atoms with Crippen LogP contribution in [-0.4, -0.2) is 55.1 Å². The molecule has 188 valence electrons. The number of rotatable bonds is 10. The van der Waals surface area contributed by atoms with Crippen molar-refractivity contribution in [1.29, 1.82) is 5.26 Å². The third-order valence-electron chi connectivity index (χ3n) is 5.95. The topological polar surface area (TPSA) is 109 Å². The highest BCUT2D eigenvalue weighted by molar-refractivity contribution is 5.95. The Labute approximate surface area is 211 Å². The van der Waals surface area contributed by atoms with Crippen molar-refractivity contribution < 1.29 is 19.1 Å². The predicted molar refractivity (Wildman–Crippen MR) is 139 cm³/mol. The number of likely N-dealkylation sites (N-methyl/N-ethyl adjacent to an activating group) is 1. The number of aromatic nitrogens is 1. The van der Waals surface area contributed by atoms with Gasteiger partial charge in [-0.3, -0.25) is 19.1 Å². The zero-order chi connectivity index (χ0) is 26.2. The molecule has 1 heterocycles. The number of hydrogen-bond donors (Lipinski definition) is 2. The minimum Gasteiger partial charge on any atom is -0.497 e. The van der Waals surface area contributed by atoms with E-state index in [2.05, 4.69) is 16.7 Å². The molecule has 0 atom stereocenters. The zero-order valence-electron chi connectivity index (χ0n) is 21.2. The van der Waals surface area contributed by atoms with E-state index in [9.17, 15) is 14.9 Å². The Morgan fingerprint density at radius 2 is 1.61 bits per heavy atom. The first kappa shape index (κ1) is 26.3. The fraction of sp³-hybridized carbons (Fsp3) is 0.296. The first-order chi connectivity index (χ1) is 17.3. The van der Waals surface area contributed by atoms with Crippen LogP contribution in [0, 0.1) is 25.2 Å². The minimum absolute atomic E-state index is 0.0151. The molecule has 9 nitrogen and oxygen atoms in total. The Morgan fingerprint density at radius 1 is 0.972 bits per heavy atom. The summed E-state index contributed by atoms with van der Waals surface area (Å²) in [6, 6.07) is 16.7. The van der Waals surface area contributed by atoms with Crippen molar-refractivity contribution >= 4 is 23.3 Å². The summed E-state index contributed by atoms with van der Waals surface area (Å²) in [6.45, 7) is 6.13. The van der Waals surface area contributed by atoms with Gasteiger partial charge in [-0.05, 0) is 62.4 Å². The summed E-state index contributed by atoms with van der Waals surface area (Å²) in [5.41, 5.74) is 3.43. The third-order valence-corrected chi connectivity index (χ3v) is 5.95. The predicted octanol–water partition coefficient (Wildman–Crippen LogP) is 3.88. The van der Waals surface area contributed by atoms with Crippen molar-refractivity contribution in [3.05, 3.63) is 65.4 Å². The van der Waals surface area contributed by atoms with Gasteiger partial charge in [-0.15, -0.1) is 0 Å². The number of nitriles is 1. The first-order valence-corrected chi connectivity index (χ1v) is 11.5. The number of amides is 2. The summed E-state index contributed by atoms with van der Waals surface area (Å²) in [7, 11) is 3.15. The molecule has 36 heavy (non-hydrogen) atoms. The van der Waals surface area contributed by atoms with Crippen LogP contribution in [0.4, 0.5) is 11.5 Å². The Kier molecular flexibility index (Phi) is 8.71. The van der Waals surface area contributed by atoms with Crippen molar-refractivity contribution in [2.75, 3.05) is 44.5 Å². The van der Waals surface area contributed by atoms with Crippen LogP contribution in [0.15, 0.2) is 48.5 Å². The van der Waals surface area contributed by atoms with Gasteiger partial charge in [-0.25, -0.2) is 0 Å². The summed E-state index contributed by atoms with van der Waals surface area (Å²) in [4.78, 5) is 27.3. The number of anilines is 2. The molecule has 0 saturated heterocycles. The van der Waals surface area contributed by atoms with Gasteiger partial charge in [0, 0.05) is 23.1 Å². The second-order valence-electron chi connectivity index (χ2n) is 8.21. The lowest BCUT2D eigenvalue weighted by molar-refractivity contribution is -0.119. The van der Waals surface area contributed by atoms with E-state index >= 15 is 0 Å². The van der Waals surface area contributed by atoms with Gasteiger partial charge in [-0.2, -0.15) is 5.26 Å². The molecule has 3 aromatic rings. The highest BCUT2D eigenvalue weighted by atomic mass is 16.5. The average molecular weight is 490 g/mol. The van der Waals surface area contributed by atoms with E-state index in [0.717, 1.165) is 16.9 Å². The lowest BCUT2D eigenvalue weighted by atomic mass is 10.2. The molecule has 2 amide bonds. The van der Waals surface area contributed by atoms with E-state index in [0.29, 0.717) is 35.1 Å².